The predicted octanol–water partition coefficient (Wildman–Crippen LogP) is 6.13. The molecule has 1 fully saturated rings. The van der Waals surface area contributed by atoms with Gasteiger partial charge in [0.05, 0.1) is 18.1 Å². The molecule has 5 heterocycles. The maximum absolute atomic E-state index is 14.1. The first kappa shape index (κ1) is 27.0. The second kappa shape index (κ2) is 10.2. The normalized spacial score (nSPS) is 16.7. The van der Waals surface area contributed by atoms with Crippen molar-refractivity contribution in [3.63, 3.8) is 0 Å². The Hall–Kier alpha value is -3.84. The van der Waals surface area contributed by atoms with E-state index in [1.807, 2.05) is 19.1 Å². The van der Waals surface area contributed by atoms with Crippen LogP contribution in [0.25, 0.3) is 32.6 Å². The molecule has 0 unspecified atom stereocenters. The minimum Gasteiger partial charge on any atom is -0.395 e. The van der Waals surface area contributed by atoms with Crippen LogP contribution in [0.1, 0.15) is 10.4 Å². The molecule has 0 N–H and O–H groups in total. The van der Waals surface area contributed by atoms with Gasteiger partial charge in [0.2, 0.25) is 0 Å². The second-order valence-electron chi connectivity index (χ2n) is 10.2. The number of thiophene rings is 1. The van der Waals surface area contributed by atoms with E-state index in [0.717, 1.165) is 39.6 Å². The Labute approximate surface area is 244 Å². The van der Waals surface area contributed by atoms with E-state index in [1.165, 1.54) is 29.3 Å². The van der Waals surface area contributed by atoms with Gasteiger partial charge in [-0.1, -0.05) is 29.8 Å². The molecule has 8 nitrogen and oxygen atoms in total. The molecule has 2 aliphatic rings. The molecule has 0 radical (unpaired) electrons. The van der Waals surface area contributed by atoms with E-state index in [9.17, 15) is 17.2 Å². The SMILES string of the molecule is Cc1ccc(S(=O)(=O)n2cc(-c3cccc4c3OC(F)(F)O4)c3cc(-c4ccc(CN5CCOCC5)s4)cnc32)cc1. The van der Waals surface area contributed by atoms with Gasteiger partial charge in [-0.05, 0) is 43.3 Å². The van der Waals surface area contributed by atoms with E-state index in [1.54, 1.807) is 41.8 Å². The van der Waals surface area contributed by atoms with Crippen molar-refractivity contribution in [1.29, 1.82) is 0 Å². The molecular weight excluding hydrogens is 584 g/mol. The molecule has 7 rings (SSSR count). The number of benzene rings is 2. The number of pyridine rings is 1. The summed E-state index contributed by atoms with van der Waals surface area (Å²) in [5.74, 6) is -0.293. The number of rotatable bonds is 6. The lowest BCUT2D eigenvalue weighted by molar-refractivity contribution is -0.286. The van der Waals surface area contributed by atoms with Crippen molar-refractivity contribution in [3.05, 3.63) is 83.5 Å². The Balaban J connectivity index is 1.36. The Kier molecular flexibility index (Phi) is 6.54. The molecule has 42 heavy (non-hydrogen) atoms. The largest absolute Gasteiger partial charge is 0.586 e. The van der Waals surface area contributed by atoms with Gasteiger partial charge in [0.1, 0.15) is 0 Å². The third-order valence-corrected chi connectivity index (χ3v) is 10.1. The van der Waals surface area contributed by atoms with Gasteiger partial charge in [0, 0.05) is 63.9 Å². The fourth-order valence-corrected chi connectivity index (χ4v) is 7.57. The van der Waals surface area contributed by atoms with Crippen molar-refractivity contribution >= 4 is 32.4 Å². The lowest BCUT2D eigenvalue weighted by atomic mass is 10.0. The van der Waals surface area contributed by atoms with Crippen molar-refractivity contribution < 1.29 is 31.4 Å². The first-order valence-corrected chi connectivity index (χ1v) is 15.6. The molecule has 1 saturated heterocycles. The molecule has 5 aromatic rings. The number of para-hydroxylation sites is 1. The van der Waals surface area contributed by atoms with Crippen LogP contribution in [0.5, 0.6) is 11.5 Å². The Morgan fingerprint density at radius 2 is 1.79 bits per heavy atom. The van der Waals surface area contributed by atoms with E-state index in [0.29, 0.717) is 24.2 Å². The maximum atomic E-state index is 14.1. The highest BCUT2D eigenvalue weighted by Crippen LogP contribution is 2.49. The zero-order valence-corrected chi connectivity index (χ0v) is 24.1. The highest BCUT2D eigenvalue weighted by atomic mass is 32.2. The van der Waals surface area contributed by atoms with Crippen LogP contribution >= 0.6 is 11.3 Å². The van der Waals surface area contributed by atoms with Crippen LogP contribution in [0.2, 0.25) is 0 Å². The topological polar surface area (TPSA) is 82.9 Å². The van der Waals surface area contributed by atoms with Gasteiger partial charge in [-0.2, -0.15) is 0 Å². The van der Waals surface area contributed by atoms with Gasteiger partial charge in [0.15, 0.2) is 17.1 Å². The number of fused-ring (bicyclic) bond motifs is 2. The minimum absolute atomic E-state index is 0.0813. The molecule has 2 aliphatic heterocycles. The highest BCUT2D eigenvalue weighted by Gasteiger charge is 2.45. The molecule has 2 aromatic carbocycles. The maximum Gasteiger partial charge on any atom is 0.586 e. The number of alkyl halides is 2. The average Bonchev–Trinajstić information content (AvgIpc) is 3.68. The van der Waals surface area contributed by atoms with Crippen molar-refractivity contribution in [2.45, 2.75) is 24.7 Å². The first-order valence-electron chi connectivity index (χ1n) is 13.3. The quantitative estimate of drug-likeness (QED) is 0.229. The van der Waals surface area contributed by atoms with Crippen LogP contribution < -0.4 is 9.47 Å². The van der Waals surface area contributed by atoms with Gasteiger partial charge in [-0.25, -0.2) is 17.4 Å². The average molecular weight is 610 g/mol. The van der Waals surface area contributed by atoms with E-state index >= 15 is 0 Å². The fourth-order valence-electron chi connectivity index (χ4n) is 5.21. The monoisotopic (exact) mass is 609 g/mol. The Morgan fingerprint density at radius 1 is 1.00 bits per heavy atom. The van der Waals surface area contributed by atoms with Crippen LogP contribution in [0.3, 0.4) is 0 Å². The first-order chi connectivity index (χ1) is 20.2. The number of morpholine rings is 1. The standard InChI is InChI=1S/C30H25F2N3O5S2/c1-19-5-8-22(9-6-19)42(36,37)35-18-25(23-3-2-4-26-28(23)40-30(31,32)39-26)24-15-20(16-33-29(24)35)27-10-7-21(41-27)17-34-11-13-38-14-12-34/h2-10,15-16,18H,11-14,17H2,1H3. The number of halogens is 2. The van der Waals surface area contributed by atoms with E-state index in [-0.39, 0.29) is 27.6 Å². The summed E-state index contributed by atoms with van der Waals surface area (Å²) >= 11 is 1.63. The molecule has 0 bridgehead atoms. The fraction of sp³-hybridized carbons (Fsp3) is 0.233. The zero-order chi connectivity index (χ0) is 29.1. The van der Waals surface area contributed by atoms with Crippen LogP contribution in [-0.4, -0.2) is 54.9 Å². The Morgan fingerprint density at radius 3 is 2.57 bits per heavy atom. The molecule has 12 heteroatoms. The molecule has 0 spiro atoms. The lowest BCUT2D eigenvalue weighted by Gasteiger charge is -2.25. The number of nitrogens with zero attached hydrogens (tertiary/aromatic N) is 3. The van der Waals surface area contributed by atoms with E-state index < -0.39 is 16.3 Å². The van der Waals surface area contributed by atoms with Crippen LogP contribution in [-0.2, 0) is 21.3 Å². The zero-order valence-electron chi connectivity index (χ0n) is 22.4. The third-order valence-electron chi connectivity index (χ3n) is 7.34. The van der Waals surface area contributed by atoms with Gasteiger partial charge in [-0.3, -0.25) is 4.90 Å². The molecule has 0 atom stereocenters. The molecular formula is C30H25F2N3O5S2. The minimum atomic E-state index is -4.08. The number of hydrogen-bond acceptors (Lipinski definition) is 8. The number of aromatic nitrogens is 2. The van der Waals surface area contributed by atoms with Crippen LogP contribution in [0.4, 0.5) is 8.78 Å². The Bertz CT molecular complexity index is 1910. The second-order valence-corrected chi connectivity index (χ2v) is 13.2. The summed E-state index contributed by atoms with van der Waals surface area (Å²) in [7, 11) is -4.08. The molecule has 0 saturated carbocycles. The van der Waals surface area contributed by atoms with Gasteiger partial charge in [-0.15, -0.1) is 20.1 Å². The van der Waals surface area contributed by atoms with Gasteiger partial charge < -0.3 is 14.2 Å². The molecule has 216 valence electrons. The van der Waals surface area contributed by atoms with Gasteiger partial charge in [0.25, 0.3) is 10.0 Å². The van der Waals surface area contributed by atoms with E-state index in [4.69, 9.17) is 9.47 Å². The summed E-state index contributed by atoms with van der Waals surface area (Å²) in [5, 5.41) is 0.471. The summed E-state index contributed by atoms with van der Waals surface area (Å²) in [6.07, 6.45) is -0.785. The number of hydrogen-bond donors (Lipinski definition) is 0. The number of ether oxygens (including phenoxy) is 3. The summed E-state index contributed by atoms with van der Waals surface area (Å²) in [5.41, 5.74) is 2.51. The predicted molar refractivity (Wildman–Crippen MR) is 155 cm³/mol. The van der Waals surface area contributed by atoms with Crippen LogP contribution in [0, 0.1) is 6.92 Å². The van der Waals surface area contributed by atoms with Crippen LogP contribution in [0.15, 0.2) is 78.0 Å². The lowest BCUT2D eigenvalue weighted by Crippen LogP contribution is -2.35. The summed E-state index contributed by atoms with van der Waals surface area (Å²) in [4.78, 5) is 9.16. The number of aryl methyl sites for hydroxylation is 1. The molecule has 3 aromatic heterocycles. The van der Waals surface area contributed by atoms with Crippen molar-refractivity contribution in [3.8, 4) is 33.1 Å². The summed E-state index contributed by atoms with van der Waals surface area (Å²) in [6.45, 7) is 5.86. The third kappa shape index (κ3) is 4.83. The molecule has 0 aliphatic carbocycles. The van der Waals surface area contributed by atoms with Crippen molar-refractivity contribution in [2.75, 3.05) is 26.3 Å². The van der Waals surface area contributed by atoms with Crippen molar-refractivity contribution in [2.24, 2.45) is 0 Å². The smallest absolute Gasteiger partial charge is 0.395 e. The summed E-state index contributed by atoms with van der Waals surface area (Å²) < 4.78 is 71.9. The summed E-state index contributed by atoms with van der Waals surface area (Å²) in [6, 6.07) is 17.0. The van der Waals surface area contributed by atoms with Gasteiger partial charge >= 0.3 is 6.29 Å². The van der Waals surface area contributed by atoms with E-state index in [2.05, 4.69) is 20.7 Å². The highest BCUT2D eigenvalue weighted by molar-refractivity contribution is 7.90. The van der Waals surface area contributed by atoms with Crippen molar-refractivity contribution in [1.82, 2.24) is 13.9 Å². The molecule has 0 amide bonds.